The number of rotatable bonds is 7. The summed E-state index contributed by atoms with van der Waals surface area (Å²) in [5, 5.41) is 11.0. The van der Waals surface area contributed by atoms with E-state index in [1.807, 2.05) is 36.5 Å². The van der Waals surface area contributed by atoms with Gasteiger partial charge in [0, 0.05) is 34.5 Å². The molecule has 29 heavy (non-hydrogen) atoms. The van der Waals surface area contributed by atoms with Crippen molar-refractivity contribution in [3.8, 4) is 11.4 Å². The Hall–Kier alpha value is -3.06. The minimum Gasteiger partial charge on any atom is -0.461 e. The second-order valence-electron chi connectivity index (χ2n) is 7.01. The van der Waals surface area contributed by atoms with Gasteiger partial charge >= 0.3 is 5.97 Å². The van der Waals surface area contributed by atoms with Crippen molar-refractivity contribution in [1.29, 1.82) is 0 Å². The SMILES string of the molecule is O=C(OCCSc1nnc(-c2c[nH]c3ccccc23)n1C1CC1)c1ccccc1. The number of esters is 1. The van der Waals surface area contributed by atoms with Crippen LogP contribution in [-0.2, 0) is 4.74 Å². The van der Waals surface area contributed by atoms with Crippen LogP contribution >= 0.6 is 11.8 Å². The molecule has 2 aromatic carbocycles. The molecule has 1 aliphatic rings. The third kappa shape index (κ3) is 3.65. The molecular weight excluding hydrogens is 384 g/mol. The van der Waals surface area contributed by atoms with Gasteiger partial charge in [-0.1, -0.05) is 48.2 Å². The molecule has 7 heteroatoms. The number of para-hydroxylation sites is 1. The van der Waals surface area contributed by atoms with Crippen LogP contribution in [0.25, 0.3) is 22.3 Å². The minimum absolute atomic E-state index is 0.297. The molecule has 5 rings (SSSR count). The lowest BCUT2D eigenvalue weighted by Crippen LogP contribution is -2.08. The number of carbonyl (C=O) groups excluding carboxylic acids is 1. The maximum atomic E-state index is 12.1. The molecule has 0 radical (unpaired) electrons. The maximum absolute atomic E-state index is 12.1. The van der Waals surface area contributed by atoms with E-state index < -0.39 is 0 Å². The number of hydrogen-bond acceptors (Lipinski definition) is 5. The summed E-state index contributed by atoms with van der Waals surface area (Å²) in [6.07, 6.45) is 4.29. The van der Waals surface area contributed by atoms with E-state index in [0.717, 1.165) is 40.3 Å². The molecule has 0 bridgehead atoms. The fraction of sp³-hybridized carbons (Fsp3) is 0.227. The number of aromatic amines is 1. The lowest BCUT2D eigenvalue weighted by atomic mass is 10.1. The number of ether oxygens (including phenoxy) is 1. The molecule has 1 N–H and O–H groups in total. The molecule has 2 aromatic heterocycles. The summed E-state index contributed by atoms with van der Waals surface area (Å²) in [7, 11) is 0. The van der Waals surface area contributed by atoms with Gasteiger partial charge in [0.2, 0.25) is 0 Å². The normalized spacial score (nSPS) is 13.7. The molecule has 2 heterocycles. The summed E-state index contributed by atoms with van der Waals surface area (Å²) in [4.78, 5) is 15.4. The highest BCUT2D eigenvalue weighted by Gasteiger charge is 2.30. The zero-order chi connectivity index (χ0) is 19.6. The number of carbonyl (C=O) groups is 1. The van der Waals surface area contributed by atoms with Crippen molar-refractivity contribution in [2.75, 3.05) is 12.4 Å². The summed E-state index contributed by atoms with van der Waals surface area (Å²) < 4.78 is 7.62. The molecular formula is C22H20N4O2S. The Labute approximate surface area is 172 Å². The predicted octanol–water partition coefficient (Wildman–Crippen LogP) is 4.71. The van der Waals surface area contributed by atoms with Crippen molar-refractivity contribution in [2.24, 2.45) is 0 Å². The molecule has 0 aliphatic heterocycles. The van der Waals surface area contributed by atoms with Crippen LogP contribution in [0.1, 0.15) is 29.2 Å². The molecule has 0 atom stereocenters. The van der Waals surface area contributed by atoms with Gasteiger partial charge in [-0.05, 0) is 31.0 Å². The molecule has 1 fully saturated rings. The van der Waals surface area contributed by atoms with Crippen molar-refractivity contribution < 1.29 is 9.53 Å². The third-order valence-corrected chi connectivity index (χ3v) is 5.87. The Kier molecular flexibility index (Phi) is 4.81. The Balaban J connectivity index is 1.30. The van der Waals surface area contributed by atoms with Gasteiger partial charge in [-0.15, -0.1) is 10.2 Å². The number of aromatic nitrogens is 4. The maximum Gasteiger partial charge on any atom is 0.338 e. The van der Waals surface area contributed by atoms with Gasteiger partial charge in [0.05, 0.1) is 5.56 Å². The molecule has 6 nitrogen and oxygen atoms in total. The van der Waals surface area contributed by atoms with Crippen LogP contribution in [0.3, 0.4) is 0 Å². The Morgan fingerprint density at radius 1 is 1.10 bits per heavy atom. The number of nitrogens with zero attached hydrogens (tertiary/aromatic N) is 3. The first-order valence-corrected chi connectivity index (χ1v) is 10.7. The molecule has 1 aliphatic carbocycles. The topological polar surface area (TPSA) is 72.8 Å². The average molecular weight is 404 g/mol. The first-order chi connectivity index (χ1) is 14.3. The van der Waals surface area contributed by atoms with Crippen LogP contribution in [0, 0.1) is 0 Å². The standard InChI is InChI=1S/C22H20N4O2S/c27-21(15-6-2-1-3-7-15)28-12-13-29-22-25-24-20(26(22)16-10-11-16)18-14-23-19-9-5-4-8-17(18)19/h1-9,14,16,23H,10-13H2. The van der Waals surface area contributed by atoms with E-state index in [-0.39, 0.29) is 5.97 Å². The van der Waals surface area contributed by atoms with Gasteiger partial charge in [0.15, 0.2) is 11.0 Å². The van der Waals surface area contributed by atoms with E-state index in [9.17, 15) is 4.79 Å². The summed E-state index contributed by atoms with van der Waals surface area (Å²) in [6, 6.07) is 17.7. The summed E-state index contributed by atoms with van der Waals surface area (Å²) in [5.41, 5.74) is 2.73. The second-order valence-corrected chi connectivity index (χ2v) is 8.07. The predicted molar refractivity (Wildman–Crippen MR) is 113 cm³/mol. The highest BCUT2D eigenvalue weighted by molar-refractivity contribution is 7.99. The van der Waals surface area contributed by atoms with Crippen LogP contribution in [0.15, 0.2) is 66.0 Å². The monoisotopic (exact) mass is 404 g/mol. The van der Waals surface area contributed by atoms with E-state index in [1.54, 1.807) is 23.9 Å². The van der Waals surface area contributed by atoms with Crippen molar-refractivity contribution in [2.45, 2.75) is 24.0 Å². The minimum atomic E-state index is -0.297. The molecule has 0 saturated heterocycles. The molecule has 4 aromatic rings. The first-order valence-electron chi connectivity index (χ1n) is 9.67. The van der Waals surface area contributed by atoms with Gasteiger partial charge < -0.3 is 9.72 Å². The van der Waals surface area contributed by atoms with E-state index in [1.165, 1.54) is 0 Å². The molecule has 0 spiro atoms. The zero-order valence-electron chi connectivity index (χ0n) is 15.7. The number of H-pyrrole nitrogens is 1. The number of benzene rings is 2. The van der Waals surface area contributed by atoms with Crippen LogP contribution in [-0.4, -0.2) is 38.1 Å². The van der Waals surface area contributed by atoms with Crippen LogP contribution in [0.4, 0.5) is 0 Å². The van der Waals surface area contributed by atoms with E-state index in [4.69, 9.17) is 4.74 Å². The van der Waals surface area contributed by atoms with Gasteiger partial charge in [-0.2, -0.15) is 0 Å². The molecule has 146 valence electrons. The van der Waals surface area contributed by atoms with Crippen molar-refractivity contribution in [3.05, 3.63) is 66.4 Å². The lowest BCUT2D eigenvalue weighted by Gasteiger charge is -2.09. The van der Waals surface area contributed by atoms with Crippen LogP contribution < -0.4 is 0 Å². The van der Waals surface area contributed by atoms with E-state index in [2.05, 4.69) is 31.9 Å². The van der Waals surface area contributed by atoms with Gasteiger partial charge in [0.25, 0.3) is 0 Å². The smallest absolute Gasteiger partial charge is 0.338 e. The quantitative estimate of drug-likeness (QED) is 0.274. The second kappa shape index (κ2) is 7.75. The zero-order valence-corrected chi connectivity index (χ0v) is 16.6. The third-order valence-electron chi connectivity index (χ3n) is 4.96. The fourth-order valence-corrected chi connectivity index (χ4v) is 4.22. The van der Waals surface area contributed by atoms with Crippen molar-refractivity contribution >= 4 is 28.6 Å². The molecule has 1 saturated carbocycles. The Bertz CT molecular complexity index is 1150. The summed E-state index contributed by atoms with van der Waals surface area (Å²) in [6.45, 7) is 0.332. The largest absolute Gasteiger partial charge is 0.461 e. The van der Waals surface area contributed by atoms with Gasteiger partial charge in [-0.25, -0.2) is 4.79 Å². The van der Waals surface area contributed by atoms with Gasteiger partial charge in [0.1, 0.15) is 6.61 Å². The number of hydrogen-bond donors (Lipinski definition) is 1. The van der Waals surface area contributed by atoms with E-state index in [0.29, 0.717) is 24.0 Å². The number of fused-ring (bicyclic) bond motifs is 1. The van der Waals surface area contributed by atoms with Gasteiger partial charge in [-0.3, -0.25) is 4.57 Å². The number of thioether (sulfide) groups is 1. The van der Waals surface area contributed by atoms with Crippen LogP contribution in [0.5, 0.6) is 0 Å². The molecule has 0 unspecified atom stereocenters. The summed E-state index contributed by atoms with van der Waals surface area (Å²) in [5.74, 6) is 1.24. The Morgan fingerprint density at radius 3 is 2.72 bits per heavy atom. The van der Waals surface area contributed by atoms with E-state index >= 15 is 0 Å². The number of nitrogens with one attached hydrogen (secondary N) is 1. The van der Waals surface area contributed by atoms with Crippen LogP contribution in [0.2, 0.25) is 0 Å². The average Bonchev–Trinajstić information content (AvgIpc) is 3.38. The first kappa shape index (κ1) is 18.0. The Morgan fingerprint density at radius 2 is 1.90 bits per heavy atom. The summed E-state index contributed by atoms with van der Waals surface area (Å²) >= 11 is 1.58. The highest BCUT2D eigenvalue weighted by atomic mass is 32.2. The van der Waals surface area contributed by atoms with Crippen molar-refractivity contribution in [1.82, 2.24) is 19.7 Å². The highest BCUT2D eigenvalue weighted by Crippen LogP contribution is 2.42. The lowest BCUT2D eigenvalue weighted by molar-refractivity contribution is 0.0530. The van der Waals surface area contributed by atoms with Crippen molar-refractivity contribution in [3.63, 3.8) is 0 Å². The molecule has 0 amide bonds. The fourth-order valence-electron chi connectivity index (χ4n) is 3.40.